The smallest absolute Gasteiger partial charge is 0.416 e. The molecule has 13 heteroatoms. The minimum absolute atomic E-state index is 0.0199. The fraction of sp³-hybridized carbons (Fsp3) is 0.548. The molecule has 2 aromatic rings. The van der Waals surface area contributed by atoms with E-state index in [2.05, 4.69) is 4.90 Å². The lowest BCUT2D eigenvalue weighted by Crippen LogP contribution is -2.51. The summed E-state index contributed by atoms with van der Waals surface area (Å²) >= 11 is 0. The summed E-state index contributed by atoms with van der Waals surface area (Å²) in [6.45, 7) is 6.51. The van der Waals surface area contributed by atoms with Crippen molar-refractivity contribution in [1.29, 1.82) is 0 Å². The van der Waals surface area contributed by atoms with E-state index in [-0.39, 0.29) is 42.7 Å². The number of alkyl halides is 6. The first-order chi connectivity index (χ1) is 20.5. The van der Waals surface area contributed by atoms with Crippen molar-refractivity contribution < 1.29 is 45.1 Å². The third-order valence-electron chi connectivity index (χ3n) is 8.74. The van der Waals surface area contributed by atoms with Crippen molar-refractivity contribution in [3.63, 3.8) is 0 Å². The molecule has 0 saturated carbocycles. The van der Waals surface area contributed by atoms with Crippen molar-refractivity contribution in [3.05, 3.63) is 70.0 Å². The second-order valence-electron chi connectivity index (χ2n) is 11.5. The number of carbonyl (C=O) groups is 2. The number of nitrogens with zero attached hydrogens (tertiary/aromatic N) is 3. The molecule has 242 valence electrons. The molecule has 0 aromatic heterocycles. The number of esters is 1. The molecule has 0 aliphatic carbocycles. The van der Waals surface area contributed by atoms with Crippen molar-refractivity contribution in [3.8, 4) is 0 Å². The number of hydrogen-bond donors (Lipinski definition) is 0. The van der Waals surface area contributed by atoms with Crippen LogP contribution in [0.3, 0.4) is 0 Å². The Bertz CT molecular complexity index is 1330. The van der Waals surface area contributed by atoms with Crippen molar-refractivity contribution in [2.45, 2.75) is 70.5 Å². The van der Waals surface area contributed by atoms with Gasteiger partial charge in [-0.1, -0.05) is 6.07 Å². The molecule has 44 heavy (non-hydrogen) atoms. The zero-order valence-electron chi connectivity index (χ0n) is 24.9. The fourth-order valence-electron chi connectivity index (χ4n) is 6.20. The van der Waals surface area contributed by atoms with Crippen molar-refractivity contribution in [2.75, 3.05) is 33.3 Å². The molecule has 4 rings (SSSR count). The molecule has 2 amide bonds. The molecule has 2 heterocycles. The largest absolute Gasteiger partial charge is 0.466 e. The molecule has 2 saturated heterocycles. The Morgan fingerprint density at radius 1 is 1.00 bits per heavy atom. The Labute approximate surface area is 251 Å². The van der Waals surface area contributed by atoms with E-state index in [0.717, 1.165) is 4.90 Å². The summed E-state index contributed by atoms with van der Waals surface area (Å²) in [6, 6.07) is 3.26. The number of aryl methyl sites for hydroxylation is 1. The van der Waals surface area contributed by atoms with Gasteiger partial charge in [0.1, 0.15) is 5.82 Å². The number of hydrogen-bond acceptors (Lipinski definition) is 4. The Balaban J connectivity index is 1.62. The van der Waals surface area contributed by atoms with Crippen molar-refractivity contribution >= 4 is 12.0 Å². The van der Waals surface area contributed by atoms with Crippen LogP contribution in [0.1, 0.15) is 73.0 Å². The summed E-state index contributed by atoms with van der Waals surface area (Å²) < 4.78 is 100. The van der Waals surface area contributed by atoms with E-state index in [9.17, 15) is 40.3 Å². The van der Waals surface area contributed by atoms with Gasteiger partial charge in [-0.15, -0.1) is 0 Å². The normalized spacial score (nSPS) is 22.2. The van der Waals surface area contributed by atoms with Crippen LogP contribution in [0.25, 0.3) is 0 Å². The highest BCUT2D eigenvalue weighted by atomic mass is 19.4. The zero-order valence-corrected chi connectivity index (χ0v) is 24.9. The molecule has 6 nitrogen and oxygen atoms in total. The third kappa shape index (κ3) is 7.30. The number of rotatable bonds is 6. The Kier molecular flexibility index (Phi) is 9.87. The molecule has 2 unspecified atom stereocenters. The van der Waals surface area contributed by atoms with Gasteiger partial charge in [0.15, 0.2) is 0 Å². The van der Waals surface area contributed by atoms with Crippen molar-refractivity contribution in [1.82, 2.24) is 14.7 Å². The predicted molar refractivity (Wildman–Crippen MR) is 148 cm³/mol. The lowest BCUT2D eigenvalue weighted by molar-refractivity contribution is -0.147. The highest BCUT2D eigenvalue weighted by Crippen LogP contribution is 2.40. The SMILES string of the molecule is CCOC(=O)C1CCN(C2CCN(C(=O)N(C)[C@H](C)c3cc(C(F)(F)F)cc(C(F)(F)F)c3)[C@@H](c3ccc(F)cc3C)C2)C1. The van der Waals surface area contributed by atoms with Crippen molar-refractivity contribution in [2.24, 2.45) is 5.92 Å². The number of amides is 2. The molecule has 2 aliphatic rings. The van der Waals surface area contributed by atoms with Crippen LogP contribution in [-0.2, 0) is 21.9 Å². The summed E-state index contributed by atoms with van der Waals surface area (Å²) in [7, 11) is 1.34. The van der Waals surface area contributed by atoms with E-state index >= 15 is 0 Å². The van der Waals surface area contributed by atoms with Gasteiger partial charge in [-0.05, 0) is 93.6 Å². The van der Waals surface area contributed by atoms with Gasteiger partial charge in [0.2, 0.25) is 0 Å². The number of carbonyl (C=O) groups excluding carboxylic acids is 2. The first kappa shape index (κ1) is 33.5. The Morgan fingerprint density at radius 3 is 2.20 bits per heavy atom. The third-order valence-corrected chi connectivity index (χ3v) is 8.74. The average Bonchev–Trinajstić information content (AvgIpc) is 3.45. The van der Waals surface area contributed by atoms with Crippen LogP contribution in [-0.4, -0.2) is 66.0 Å². The molecule has 2 fully saturated rings. The fourth-order valence-corrected chi connectivity index (χ4v) is 6.20. The van der Waals surface area contributed by atoms with Gasteiger partial charge in [0, 0.05) is 26.2 Å². The lowest BCUT2D eigenvalue weighted by Gasteiger charge is -2.45. The van der Waals surface area contributed by atoms with Gasteiger partial charge in [-0.3, -0.25) is 9.69 Å². The second kappa shape index (κ2) is 12.9. The van der Waals surface area contributed by atoms with Crippen LogP contribution in [0.5, 0.6) is 0 Å². The maximum absolute atomic E-state index is 14.0. The molecular formula is C31H36F7N3O3. The van der Waals surface area contributed by atoms with Crippen LogP contribution >= 0.6 is 0 Å². The van der Waals surface area contributed by atoms with Gasteiger partial charge >= 0.3 is 24.4 Å². The first-order valence-corrected chi connectivity index (χ1v) is 14.5. The quantitative estimate of drug-likeness (QED) is 0.247. The average molecular weight is 632 g/mol. The lowest BCUT2D eigenvalue weighted by atomic mass is 9.88. The van der Waals surface area contributed by atoms with Crippen LogP contribution in [0.15, 0.2) is 36.4 Å². The number of likely N-dealkylation sites (tertiary alicyclic amines) is 2. The number of piperidine rings is 1. The van der Waals surface area contributed by atoms with E-state index in [4.69, 9.17) is 4.74 Å². The van der Waals surface area contributed by atoms with E-state index in [1.807, 2.05) is 0 Å². The van der Waals surface area contributed by atoms with Gasteiger partial charge in [-0.25, -0.2) is 9.18 Å². The molecule has 2 aliphatic heterocycles. The summed E-state index contributed by atoms with van der Waals surface area (Å²) in [5, 5.41) is 0. The molecule has 0 radical (unpaired) electrons. The molecule has 0 bridgehead atoms. The molecule has 0 spiro atoms. The minimum atomic E-state index is -5.02. The number of urea groups is 1. The highest BCUT2D eigenvalue weighted by Gasteiger charge is 2.42. The minimum Gasteiger partial charge on any atom is -0.466 e. The summed E-state index contributed by atoms with van der Waals surface area (Å²) in [4.78, 5) is 31.1. The van der Waals surface area contributed by atoms with Crippen LogP contribution < -0.4 is 0 Å². The van der Waals surface area contributed by atoms with E-state index in [0.29, 0.717) is 55.6 Å². The van der Waals surface area contributed by atoms with Crippen LogP contribution in [0.4, 0.5) is 35.5 Å². The highest BCUT2D eigenvalue weighted by molar-refractivity contribution is 5.76. The Morgan fingerprint density at radius 2 is 1.64 bits per heavy atom. The van der Waals surface area contributed by atoms with Crippen LogP contribution in [0, 0.1) is 18.7 Å². The first-order valence-electron chi connectivity index (χ1n) is 14.5. The maximum Gasteiger partial charge on any atom is 0.416 e. The number of halogens is 7. The van der Waals surface area contributed by atoms with Crippen LogP contribution in [0.2, 0.25) is 0 Å². The summed E-state index contributed by atoms with van der Waals surface area (Å²) in [6.07, 6.45) is -8.43. The molecular weight excluding hydrogens is 595 g/mol. The Hall–Kier alpha value is -3.35. The zero-order chi connectivity index (χ0) is 32.6. The maximum atomic E-state index is 14.0. The monoisotopic (exact) mass is 631 g/mol. The van der Waals surface area contributed by atoms with E-state index in [1.165, 1.54) is 26.1 Å². The van der Waals surface area contributed by atoms with Gasteiger partial charge in [-0.2, -0.15) is 26.3 Å². The predicted octanol–water partition coefficient (Wildman–Crippen LogP) is 7.38. The van der Waals surface area contributed by atoms with Gasteiger partial charge in [0.05, 0.1) is 35.7 Å². The second-order valence-corrected chi connectivity index (χ2v) is 11.5. The molecule has 4 atom stereocenters. The summed E-state index contributed by atoms with van der Waals surface area (Å²) in [5.74, 6) is -0.974. The summed E-state index contributed by atoms with van der Waals surface area (Å²) in [5.41, 5.74) is -1.94. The van der Waals surface area contributed by atoms with Gasteiger partial charge in [0.25, 0.3) is 0 Å². The van der Waals surface area contributed by atoms with Gasteiger partial charge < -0.3 is 14.5 Å². The van der Waals surface area contributed by atoms with E-state index in [1.54, 1.807) is 24.8 Å². The molecule has 2 aromatic carbocycles. The topological polar surface area (TPSA) is 53.1 Å². The van der Waals surface area contributed by atoms with E-state index < -0.39 is 47.4 Å². The standard InChI is InChI=1S/C31H36F7N3O3/c1-5-44-28(42)20-8-10-40(17-20)25-9-11-41(27(16-25)26-7-6-24(32)12-18(26)2)29(43)39(4)19(3)21-13-22(30(33,34)35)15-23(14-21)31(36,37)38/h6-7,12-15,19-20,25,27H,5,8-11,16-17H2,1-4H3/t19-,20?,25?,27-/m1/s1. The molecule has 0 N–H and O–H groups in total. The number of ether oxygens (including phenoxy) is 1. The number of benzene rings is 2.